The van der Waals surface area contributed by atoms with Crippen LogP contribution in [0.25, 0.3) is 0 Å². The summed E-state index contributed by atoms with van der Waals surface area (Å²) >= 11 is 0. The highest BCUT2D eigenvalue weighted by atomic mass is 16.2. The van der Waals surface area contributed by atoms with Gasteiger partial charge in [0.1, 0.15) is 0 Å². The summed E-state index contributed by atoms with van der Waals surface area (Å²) in [7, 11) is 0. The van der Waals surface area contributed by atoms with Gasteiger partial charge in [0.2, 0.25) is 11.8 Å². The van der Waals surface area contributed by atoms with Crippen LogP contribution in [0.3, 0.4) is 0 Å². The third kappa shape index (κ3) is 11.0. The van der Waals surface area contributed by atoms with Crippen LogP contribution < -0.4 is 16.0 Å². The van der Waals surface area contributed by atoms with Crippen LogP contribution in [0.1, 0.15) is 27.2 Å². The van der Waals surface area contributed by atoms with Gasteiger partial charge in [-0.2, -0.15) is 0 Å². The normalized spacial score (nSPS) is 10.2. The maximum atomic E-state index is 11.3. The molecule has 5 nitrogen and oxygen atoms in total. The minimum atomic E-state index is -0.0526. The lowest BCUT2D eigenvalue weighted by molar-refractivity contribution is -0.120. The van der Waals surface area contributed by atoms with E-state index in [9.17, 15) is 9.59 Å². The lowest BCUT2D eigenvalue weighted by atomic mass is 10.1. The van der Waals surface area contributed by atoms with Gasteiger partial charge >= 0.3 is 0 Å². The average Bonchev–Trinajstić information content (AvgIpc) is 2.16. The Balaban J connectivity index is 3.27. The lowest BCUT2D eigenvalue weighted by Crippen LogP contribution is -2.38. The fourth-order valence-corrected chi connectivity index (χ4v) is 1.09. The van der Waals surface area contributed by atoms with Crippen molar-refractivity contribution in [2.24, 2.45) is 5.92 Å². The molecule has 3 N–H and O–H groups in total. The second kappa shape index (κ2) is 9.15. The first-order valence-corrected chi connectivity index (χ1v) is 5.74. The van der Waals surface area contributed by atoms with Gasteiger partial charge in [0.25, 0.3) is 0 Å². The second-order valence-corrected chi connectivity index (χ2v) is 4.19. The summed E-state index contributed by atoms with van der Waals surface area (Å²) < 4.78 is 0. The zero-order chi connectivity index (χ0) is 12.4. The third-order valence-corrected chi connectivity index (χ3v) is 2.01. The maximum absolute atomic E-state index is 11.3. The molecule has 2 amide bonds. The Morgan fingerprint density at radius 2 is 1.75 bits per heavy atom. The van der Waals surface area contributed by atoms with Crippen LogP contribution in [-0.2, 0) is 9.59 Å². The topological polar surface area (TPSA) is 70.2 Å². The number of hydrogen-bond acceptors (Lipinski definition) is 3. The predicted molar refractivity (Wildman–Crippen MR) is 64.0 cm³/mol. The molecule has 0 aromatic rings. The first-order chi connectivity index (χ1) is 7.52. The van der Waals surface area contributed by atoms with Crippen molar-refractivity contribution in [2.75, 3.05) is 26.2 Å². The summed E-state index contributed by atoms with van der Waals surface area (Å²) in [5.74, 6) is 0.555. The highest BCUT2D eigenvalue weighted by Gasteiger charge is 2.00. The summed E-state index contributed by atoms with van der Waals surface area (Å²) in [6, 6.07) is 0. The molecule has 0 spiro atoms. The molecule has 0 atom stereocenters. The molecule has 0 aromatic carbocycles. The van der Waals surface area contributed by atoms with Crippen molar-refractivity contribution in [1.82, 2.24) is 16.0 Å². The first kappa shape index (κ1) is 14.9. The second-order valence-electron chi connectivity index (χ2n) is 4.19. The van der Waals surface area contributed by atoms with E-state index in [4.69, 9.17) is 0 Å². The molecule has 16 heavy (non-hydrogen) atoms. The van der Waals surface area contributed by atoms with Crippen LogP contribution >= 0.6 is 0 Å². The molecule has 5 heteroatoms. The van der Waals surface area contributed by atoms with Crippen molar-refractivity contribution in [3.8, 4) is 0 Å². The number of nitrogens with one attached hydrogen (secondary N) is 3. The van der Waals surface area contributed by atoms with Crippen LogP contribution in [0, 0.1) is 5.92 Å². The molecule has 0 unspecified atom stereocenters. The highest BCUT2D eigenvalue weighted by molar-refractivity contribution is 5.77. The molecule has 0 heterocycles. The Bertz CT molecular complexity index is 217. The van der Waals surface area contributed by atoms with Crippen LogP contribution in [0.4, 0.5) is 0 Å². The van der Waals surface area contributed by atoms with E-state index in [0.717, 1.165) is 13.0 Å². The molecule has 94 valence electrons. The number of carbonyl (C=O) groups excluding carboxylic acids is 2. The predicted octanol–water partition coefficient (Wildman–Crippen LogP) is -0.126. The lowest BCUT2D eigenvalue weighted by Gasteiger charge is -2.08. The van der Waals surface area contributed by atoms with Crippen LogP contribution in [0.2, 0.25) is 0 Å². The van der Waals surface area contributed by atoms with Gasteiger partial charge in [0.05, 0.1) is 6.54 Å². The van der Waals surface area contributed by atoms with Crippen LogP contribution in [0.5, 0.6) is 0 Å². The first-order valence-electron chi connectivity index (χ1n) is 5.74. The summed E-state index contributed by atoms with van der Waals surface area (Å²) in [4.78, 5) is 21.8. The number of amides is 2. The Hall–Kier alpha value is -1.10. The van der Waals surface area contributed by atoms with E-state index >= 15 is 0 Å². The quantitative estimate of drug-likeness (QED) is 0.508. The molecule has 0 fully saturated rings. The molecule has 0 aliphatic carbocycles. The minimum absolute atomic E-state index is 0.00322. The summed E-state index contributed by atoms with van der Waals surface area (Å²) in [5, 5.41) is 8.42. The summed E-state index contributed by atoms with van der Waals surface area (Å²) in [5.41, 5.74) is 0. The zero-order valence-corrected chi connectivity index (χ0v) is 10.4. The molecule has 0 aliphatic heterocycles. The maximum Gasteiger partial charge on any atom is 0.233 e. The summed E-state index contributed by atoms with van der Waals surface area (Å²) in [6.45, 7) is 7.90. The van der Waals surface area contributed by atoms with E-state index in [1.165, 1.54) is 6.92 Å². The molecule has 0 bridgehead atoms. The Labute approximate surface area is 97.4 Å². The van der Waals surface area contributed by atoms with Crippen molar-refractivity contribution < 1.29 is 9.59 Å². The molecular formula is C11H23N3O2. The fourth-order valence-electron chi connectivity index (χ4n) is 1.09. The number of hydrogen-bond donors (Lipinski definition) is 3. The van der Waals surface area contributed by atoms with Gasteiger partial charge in [-0.1, -0.05) is 13.8 Å². The van der Waals surface area contributed by atoms with E-state index in [2.05, 4.69) is 29.8 Å². The van der Waals surface area contributed by atoms with Crippen molar-refractivity contribution in [3.63, 3.8) is 0 Å². The van der Waals surface area contributed by atoms with E-state index in [1.807, 2.05) is 0 Å². The van der Waals surface area contributed by atoms with Gasteiger partial charge in [-0.15, -0.1) is 0 Å². The summed E-state index contributed by atoms with van der Waals surface area (Å²) in [6.07, 6.45) is 0.998. The Morgan fingerprint density at radius 3 is 2.31 bits per heavy atom. The minimum Gasteiger partial charge on any atom is -0.355 e. The average molecular weight is 229 g/mol. The van der Waals surface area contributed by atoms with Crippen molar-refractivity contribution in [3.05, 3.63) is 0 Å². The van der Waals surface area contributed by atoms with Crippen LogP contribution in [-0.4, -0.2) is 38.0 Å². The molecule has 0 saturated carbocycles. The molecule has 0 radical (unpaired) electrons. The number of carbonyl (C=O) groups is 2. The molecule has 0 aromatic heterocycles. The fraction of sp³-hybridized carbons (Fsp3) is 0.818. The SMILES string of the molecule is CC(=O)NCCNCC(=O)NCCC(C)C. The van der Waals surface area contributed by atoms with Crippen molar-refractivity contribution in [2.45, 2.75) is 27.2 Å². The monoisotopic (exact) mass is 229 g/mol. The van der Waals surface area contributed by atoms with Gasteiger partial charge in [-0.3, -0.25) is 9.59 Å². The molecule has 0 saturated heterocycles. The van der Waals surface area contributed by atoms with E-state index in [-0.39, 0.29) is 11.8 Å². The Kier molecular flexibility index (Phi) is 8.52. The van der Waals surface area contributed by atoms with Gasteiger partial charge < -0.3 is 16.0 Å². The van der Waals surface area contributed by atoms with E-state index in [0.29, 0.717) is 25.6 Å². The standard InChI is InChI=1S/C11H23N3O2/c1-9(2)4-5-14-11(16)8-12-6-7-13-10(3)15/h9,12H,4-8H2,1-3H3,(H,13,15)(H,14,16). The van der Waals surface area contributed by atoms with Gasteiger partial charge in [0, 0.05) is 26.6 Å². The highest BCUT2D eigenvalue weighted by Crippen LogP contribution is 1.95. The smallest absolute Gasteiger partial charge is 0.233 e. The van der Waals surface area contributed by atoms with Gasteiger partial charge in [-0.25, -0.2) is 0 Å². The zero-order valence-electron chi connectivity index (χ0n) is 10.4. The van der Waals surface area contributed by atoms with Crippen molar-refractivity contribution >= 4 is 11.8 Å². The third-order valence-electron chi connectivity index (χ3n) is 2.01. The molecule has 0 rings (SSSR count). The van der Waals surface area contributed by atoms with Gasteiger partial charge in [-0.05, 0) is 12.3 Å². The molecule has 0 aliphatic rings. The van der Waals surface area contributed by atoms with Crippen LogP contribution in [0.15, 0.2) is 0 Å². The van der Waals surface area contributed by atoms with Gasteiger partial charge in [0.15, 0.2) is 0 Å². The Morgan fingerprint density at radius 1 is 1.06 bits per heavy atom. The van der Waals surface area contributed by atoms with E-state index < -0.39 is 0 Å². The largest absolute Gasteiger partial charge is 0.355 e. The number of rotatable bonds is 8. The van der Waals surface area contributed by atoms with Crippen molar-refractivity contribution in [1.29, 1.82) is 0 Å². The molecular weight excluding hydrogens is 206 g/mol. The van der Waals surface area contributed by atoms with E-state index in [1.54, 1.807) is 0 Å².